The van der Waals surface area contributed by atoms with E-state index >= 15 is 4.39 Å². The number of alkyl halides is 6. The second-order valence-corrected chi connectivity index (χ2v) is 12.2. The molecule has 2 aromatic heterocycles. The molecule has 8 aromatic rings. The Morgan fingerprint density at radius 3 is 1.43 bits per heavy atom. The number of rotatable bonds is 5. The lowest BCUT2D eigenvalue weighted by Crippen LogP contribution is -2.07. The van der Waals surface area contributed by atoms with Crippen LogP contribution < -0.4 is 0 Å². The van der Waals surface area contributed by atoms with Gasteiger partial charge >= 0.3 is 12.4 Å². The first-order valence-electron chi connectivity index (χ1n) is 16.0. The van der Waals surface area contributed by atoms with Gasteiger partial charge in [-0.3, -0.25) is 0 Å². The molecule has 0 aliphatic rings. The molecule has 0 amide bonds. The molecule has 0 atom stereocenters. The molecule has 0 radical (unpaired) electrons. The normalized spacial score (nSPS) is 12.2. The van der Waals surface area contributed by atoms with Crippen LogP contribution in [0.1, 0.15) is 11.1 Å². The lowest BCUT2D eigenvalue weighted by Gasteiger charge is -2.17. The minimum Gasteiger partial charge on any atom is -0.308 e. The maximum absolute atomic E-state index is 15.2. The molecule has 0 bridgehead atoms. The molecule has 0 saturated carbocycles. The highest BCUT2D eigenvalue weighted by molar-refractivity contribution is 6.10. The van der Waals surface area contributed by atoms with Gasteiger partial charge in [0.25, 0.3) is 0 Å². The van der Waals surface area contributed by atoms with E-state index in [0.29, 0.717) is 17.2 Å². The van der Waals surface area contributed by atoms with E-state index in [4.69, 9.17) is 15.0 Å². The van der Waals surface area contributed by atoms with E-state index in [1.54, 1.807) is 60.7 Å². The van der Waals surface area contributed by atoms with Crippen molar-refractivity contribution in [2.75, 3.05) is 0 Å². The molecule has 12 heteroatoms. The minimum atomic E-state index is -4.78. The average molecular weight is 723 g/mol. The SMILES string of the molecule is Fc1ccc(-c2ccc(-n3c4cc(C(F)(F)F)ccc4c4ccc(C(F)(F)F)cc43)c(-c3nc(-c4ccccc4)nc(-c4ccccc4)n3)c2)c(F)c1. The van der Waals surface area contributed by atoms with Gasteiger partial charge in [0.05, 0.1) is 27.8 Å². The molecule has 4 nitrogen and oxygen atoms in total. The number of aromatic nitrogens is 4. The minimum absolute atomic E-state index is 0.00831. The fraction of sp³-hybridized carbons (Fsp3) is 0.0488. The zero-order valence-electron chi connectivity index (χ0n) is 27.0. The second kappa shape index (κ2) is 12.7. The van der Waals surface area contributed by atoms with Gasteiger partial charge in [-0.1, -0.05) is 78.9 Å². The molecule has 0 N–H and O–H groups in total. The van der Waals surface area contributed by atoms with Crippen molar-refractivity contribution in [1.82, 2.24) is 19.5 Å². The van der Waals surface area contributed by atoms with Crippen LogP contribution in [0.15, 0.2) is 133 Å². The highest BCUT2D eigenvalue weighted by Gasteiger charge is 2.34. The first kappa shape index (κ1) is 33.7. The Balaban J connectivity index is 1.50. The van der Waals surface area contributed by atoms with Gasteiger partial charge in [-0.15, -0.1) is 0 Å². The van der Waals surface area contributed by atoms with Crippen molar-refractivity contribution in [3.63, 3.8) is 0 Å². The molecule has 8 rings (SSSR count). The average Bonchev–Trinajstić information content (AvgIpc) is 3.47. The smallest absolute Gasteiger partial charge is 0.308 e. The lowest BCUT2D eigenvalue weighted by atomic mass is 10.00. The Labute approximate surface area is 295 Å². The summed E-state index contributed by atoms with van der Waals surface area (Å²) in [6.07, 6.45) is -9.55. The van der Waals surface area contributed by atoms with Crippen LogP contribution in [-0.2, 0) is 12.4 Å². The van der Waals surface area contributed by atoms with Crippen LogP contribution >= 0.6 is 0 Å². The first-order chi connectivity index (χ1) is 25.3. The second-order valence-electron chi connectivity index (χ2n) is 12.2. The Hall–Kier alpha value is -6.43. The molecule has 0 fully saturated rings. The van der Waals surface area contributed by atoms with E-state index in [0.717, 1.165) is 30.3 Å². The van der Waals surface area contributed by atoms with Gasteiger partial charge in [-0.25, -0.2) is 23.7 Å². The molecule has 53 heavy (non-hydrogen) atoms. The van der Waals surface area contributed by atoms with Crippen LogP contribution in [0.2, 0.25) is 0 Å². The van der Waals surface area contributed by atoms with Crippen LogP contribution in [-0.4, -0.2) is 19.5 Å². The van der Waals surface area contributed by atoms with Crippen molar-refractivity contribution in [1.29, 1.82) is 0 Å². The van der Waals surface area contributed by atoms with Crippen LogP contribution in [0.25, 0.3) is 72.8 Å². The third-order valence-corrected chi connectivity index (χ3v) is 8.84. The van der Waals surface area contributed by atoms with Gasteiger partial charge < -0.3 is 4.57 Å². The number of nitrogens with zero attached hydrogens (tertiary/aromatic N) is 4. The van der Waals surface area contributed by atoms with Gasteiger partial charge in [0.1, 0.15) is 11.6 Å². The van der Waals surface area contributed by atoms with Crippen molar-refractivity contribution in [2.24, 2.45) is 0 Å². The molecule has 2 heterocycles. The van der Waals surface area contributed by atoms with E-state index in [1.807, 2.05) is 0 Å². The summed E-state index contributed by atoms with van der Waals surface area (Å²) in [4.78, 5) is 14.2. The quantitative estimate of drug-likeness (QED) is 0.166. The number of fused-ring (bicyclic) bond motifs is 3. The van der Waals surface area contributed by atoms with Crippen LogP contribution in [0.5, 0.6) is 0 Å². The van der Waals surface area contributed by atoms with Gasteiger partial charge in [0.15, 0.2) is 17.5 Å². The molecular formula is C41H22F8N4. The van der Waals surface area contributed by atoms with Gasteiger partial charge in [-0.2, -0.15) is 26.3 Å². The highest BCUT2D eigenvalue weighted by atomic mass is 19.4. The maximum atomic E-state index is 15.2. The Kier molecular flexibility index (Phi) is 8.05. The predicted octanol–water partition coefficient (Wildman–Crippen LogP) is 12.0. The summed E-state index contributed by atoms with van der Waals surface area (Å²) in [5.74, 6) is -1.27. The monoisotopic (exact) mass is 722 g/mol. The van der Waals surface area contributed by atoms with Gasteiger partial charge in [0.2, 0.25) is 0 Å². The fourth-order valence-electron chi connectivity index (χ4n) is 6.36. The zero-order chi connectivity index (χ0) is 37.1. The van der Waals surface area contributed by atoms with E-state index < -0.39 is 35.1 Å². The van der Waals surface area contributed by atoms with Crippen molar-refractivity contribution < 1.29 is 35.1 Å². The summed E-state index contributed by atoms with van der Waals surface area (Å²) >= 11 is 0. The third-order valence-electron chi connectivity index (χ3n) is 8.84. The standard InChI is InChI=1S/C41H22F8N4/c42-28-14-17-29(33(43)22-28)25-11-18-34(32(19-25)39-51-37(23-7-3-1-4-8-23)50-38(52-39)24-9-5-2-6-10-24)53-35-20-26(40(44,45)46)12-15-30(35)31-16-13-27(21-36(31)53)41(47,48)49/h1-22H. The van der Waals surface area contributed by atoms with Crippen molar-refractivity contribution >= 4 is 21.8 Å². The molecule has 0 spiro atoms. The van der Waals surface area contributed by atoms with Crippen LogP contribution in [0.4, 0.5) is 35.1 Å². The molecule has 6 aromatic carbocycles. The summed E-state index contributed by atoms with van der Waals surface area (Å²) in [6.45, 7) is 0. The molecule has 0 aliphatic heterocycles. The number of hydrogen-bond acceptors (Lipinski definition) is 3. The maximum Gasteiger partial charge on any atom is 0.416 e. The largest absolute Gasteiger partial charge is 0.416 e. The van der Waals surface area contributed by atoms with Crippen LogP contribution in [0.3, 0.4) is 0 Å². The third kappa shape index (κ3) is 6.26. The fourth-order valence-corrected chi connectivity index (χ4v) is 6.36. The van der Waals surface area contributed by atoms with Crippen molar-refractivity contribution in [3.8, 4) is 51.0 Å². The molecule has 262 valence electrons. The lowest BCUT2D eigenvalue weighted by molar-refractivity contribution is -0.138. The predicted molar refractivity (Wildman–Crippen MR) is 186 cm³/mol. The molecular weight excluding hydrogens is 700 g/mol. The summed E-state index contributed by atoms with van der Waals surface area (Å²) in [5.41, 5.74) is -0.514. The van der Waals surface area contributed by atoms with E-state index in [-0.39, 0.29) is 61.7 Å². The Morgan fingerprint density at radius 2 is 0.943 bits per heavy atom. The number of halogens is 8. The molecule has 0 saturated heterocycles. The van der Waals surface area contributed by atoms with E-state index in [9.17, 15) is 30.7 Å². The van der Waals surface area contributed by atoms with E-state index in [1.165, 1.54) is 41.0 Å². The number of benzene rings is 6. The Morgan fingerprint density at radius 1 is 0.434 bits per heavy atom. The molecule has 0 unspecified atom stereocenters. The summed E-state index contributed by atoms with van der Waals surface area (Å²) < 4.78 is 115. The molecule has 0 aliphatic carbocycles. The first-order valence-corrected chi connectivity index (χ1v) is 16.0. The Bertz CT molecular complexity index is 2540. The summed E-state index contributed by atoms with van der Waals surface area (Å²) in [6, 6.07) is 31.1. The van der Waals surface area contributed by atoms with Crippen molar-refractivity contribution in [3.05, 3.63) is 156 Å². The number of hydrogen-bond donors (Lipinski definition) is 0. The highest BCUT2D eigenvalue weighted by Crippen LogP contribution is 2.42. The summed E-state index contributed by atoms with van der Waals surface area (Å²) in [7, 11) is 0. The van der Waals surface area contributed by atoms with E-state index in [2.05, 4.69) is 0 Å². The topological polar surface area (TPSA) is 43.6 Å². The van der Waals surface area contributed by atoms with Crippen molar-refractivity contribution in [2.45, 2.75) is 12.4 Å². The van der Waals surface area contributed by atoms with Crippen LogP contribution in [0, 0.1) is 11.6 Å². The van der Waals surface area contributed by atoms with Gasteiger partial charge in [0, 0.05) is 39.1 Å². The summed E-state index contributed by atoms with van der Waals surface area (Å²) in [5, 5.41) is 0.513. The van der Waals surface area contributed by atoms with Gasteiger partial charge in [-0.05, 0) is 54.1 Å². The zero-order valence-corrected chi connectivity index (χ0v) is 27.0.